The van der Waals surface area contributed by atoms with Gasteiger partial charge in [0.25, 0.3) is 5.91 Å². The molecule has 126 valence electrons. The summed E-state index contributed by atoms with van der Waals surface area (Å²) in [5.41, 5.74) is 0. The highest BCUT2D eigenvalue weighted by molar-refractivity contribution is 7.91. The smallest absolute Gasteiger partial charge is 0.325 e. The molecule has 1 atom stereocenters. The minimum Gasteiger partial charge on any atom is -0.484 e. The minimum atomic E-state index is -3.17. The molecule has 1 aromatic rings. The Balaban J connectivity index is 2.03. The number of nitrogens with zero attached hydrogens (tertiary/aromatic N) is 1. The summed E-state index contributed by atoms with van der Waals surface area (Å²) in [6.45, 7) is -0.550. The van der Waals surface area contributed by atoms with E-state index in [4.69, 9.17) is 4.74 Å². The molecule has 0 saturated carbocycles. The lowest BCUT2D eigenvalue weighted by atomic mass is 10.2. The highest BCUT2D eigenvalue weighted by Gasteiger charge is 2.35. The van der Waals surface area contributed by atoms with E-state index >= 15 is 0 Å². The quantitative estimate of drug-likeness (QED) is 0.689. The van der Waals surface area contributed by atoms with Gasteiger partial charge >= 0.3 is 5.97 Å². The summed E-state index contributed by atoms with van der Waals surface area (Å²) in [4.78, 5) is 25.1. The maximum absolute atomic E-state index is 12.4. The van der Waals surface area contributed by atoms with Gasteiger partial charge < -0.3 is 14.4 Å². The number of carbonyl (C=O) groups is 2. The second kappa shape index (κ2) is 7.45. The molecule has 8 heteroatoms. The van der Waals surface area contributed by atoms with E-state index in [1.807, 2.05) is 6.07 Å². The van der Waals surface area contributed by atoms with E-state index in [1.165, 1.54) is 12.0 Å². The normalized spacial score (nSPS) is 19.1. The predicted molar refractivity (Wildman–Crippen MR) is 82.7 cm³/mol. The zero-order valence-electron chi connectivity index (χ0n) is 12.8. The third kappa shape index (κ3) is 4.95. The van der Waals surface area contributed by atoms with Crippen LogP contribution in [0, 0.1) is 0 Å². The van der Waals surface area contributed by atoms with E-state index < -0.39 is 27.8 Å². The summed E-state index contributed by atoms with van der Waals surface area (Å²) in [5.74, 6) is -0.634. The fourth-order valence-electron chi connectivity index (χ4n) is 2.39. The minimum absolute atomic E-state index is 0.0160. The molecule has 1 aromatic carbocycles. The zero-order chi connectivity index (χ0) is 16.9. The summed E-state index contributed by atoms with van der Waals surface area (Å²) in [7, 11) is -1.95. The van der Waals surface area contributed by atoms with Crippen molar-refractivity contribution in [2.75, 3.05) is 31.8 Å². The van der Waals surface area contributed by atoms with Crippen LogP contribution in [0.15, 0.2) is 30.3 Å². The first-order valence-electron chi connectivity index (χ1n) is 7.16. The van der Waals surface area contributed by atoms with Crippen LogP contribution in [-0.4, -0.2) is 63.0 Å². The van der Waals surface area contributed by atoms with Crippen molar-refractivity contribution in [1.82, 2.24) is 4.90 Å². The molecule has 0 aromatic heterocycles. The standard InChI is InChI=1S/C15H19NO6S/c1-21-15(18)9-16(12-7-8-23(19,20)11-12)14(17)10-22-13-5-3-2-4-6-13/h2-6,12H,7-11H2,1H3/t12-/m1/s1. The summed E-state index contributed by atoms with van der Waals surface area (Å²) in [5, 5.41) is 0. The molecule has 0 radical (unpaired) electrons. The second-order valence-electron chi connectivity index (χ2n) is 5.26. The molecule has 1 saturated heterocycles. The molecule has 1 aliphatic rings. The number of hydrogen-bond donors (Lipinski definition) is 0. The van der Waals surface area contributed by atoms with Crippen LogP contribution in [0.5, 0.6) is 5.75 Å². The predicted octanol–water partition coefficient (Wildman–Crippen LogP) is 0.254. The first-order chi connectivity index (χ1) is 10.9. The molecule has 23 heavy (non-hydrogen) atoms. The number of para-hydroxylation sites is 1. The molecular formula is C15H19NO6S. The topological polar surface area (TPSA) is 90.0 Å². The van der Waals surface area contributed by atoms with Crippen molar-refractivity contribution in [3.63, 3.8) is 0 Å². The van der Waals surface area contributed by atoms with Crippen LogP contribution in [-0.2, 0) is 24.2 Å². The van der Waals surface area contributed by atoms with E-state index in [0.29, 0.717) is 12.2 Å². The maximum atomic E-state index is 12.4. The fraction of sp³-hybridized carbons (Fsp3) is 0.467. The molecule has 0 aliphatic carbocycles. The van der Waals surface area contributed by atoms with Crippen LogP contribution in [0.25, 0.3) is 0 Å². The van der Waals surface area contributed by atoms with Crippen molar-refractivity contribution < 1.29 is 27.5 Å². The monoisotopic (exact) mass is 341 g/mol. The van der Waals surface area contributed by atoms with Gasteiger partial charge in [-0.25, -0.2) is 8.42 Å². The summed E-state index contributed by atoms with van der Waals surface area (Å²) in [6, 6.07) is 8.26. The first kappa shape index (κ1) is 17.3. The number of ether oxygens (including phenoxy) is 2. The number of amides is 1. The van der Waals surface area contributed by atoms with Crippen LogP contribution < -0.4 is 4.74 Å². The molecule has 2 rings (SSSR count). The molecule has 0 spiro atoms. The SMILES string of the molecule is COC(=O)CN(C(=O)COc1ccccc1)[C@@H]1CCS(=O)(=O)C1. The Morgan fingerprint density at radius 2 is 1.96 bits per heavy atom. The Labute approximate surface area is 135 Å². The average molecular weight is 341 g/mol. The molecule has 1 amide bonds. The molecule has 0 N–H and O–H groups in total. The number of methoxy groups -OCH3 is 1. The van der Waals surface area contributed by atoms with Crippen LogP contribution in [0.2, 0.25) is 0 Å². The van der Waals surface area contributed by atoms with Gasteiger partial charge in [0.2, 0.25) is 0 Å². The van der Waals surface area contributed by atoms with Crippen LogP contribution in [0.1, 0.15) is 6.42 Å². The highest BCUT2D eigenvalue weighted by atomic mass is 32.2. The van der Waals surface area contributed by atoms with Crippen molar-refractivity contribution in [3.8, 4) is 5.75 Å². The van der Waals surface area contributed by atoms with Crippen molar-refractivity contribution in [3.05, 3.63) is 30.3 Å². The van der Waals surface area contributed by atoms with Crippen molar-refractivity contribution in [2.24, 2.45) is 0 Å². The third-order valence-electron chi connectivity index (χ3n) is 3.60. The van der Waals surface area contributed by atoms with Gasteiger partial charge in [-0.2, -0.15) is 0 Å². The van der Waals surface area contributed by atoms with Gasteiger partial charge in [0.1, 0.15) is 12.3 Å². The molecule has 1 heterocycles. The van der Waals surface area contributed by atoms with E-state index in [0.717, 1.165) is 0 Å². The fourth-order valence-corrected chi connectivity index (χ4v) is 4.12. The molecule has 0 bridgehead atoms. The molecule has 1 aliphatic heterocycles. The zero-order valence-corrected chi connectivity index (χ0v) is 13.6. The summed E-state index contributed by atoms with van der Waals surface area (Å²) < 4.78 is 33.2. The highest BCUT2D eigenvalue weighted by Crippen LogP contribution is 2.18. The lowest BCUT2D eigenvalue weighted by Crippen LogP contribution is -2.46. The number of hydrogen-bond acceptors (Lipinski definition) is 6. The van der Waals surface area contributed by atoms with Gasteiger partial charge in [0.05, 0.1) is 18.6 Å². The molecular weight excluding hydrogens is 322 g/mol. The first-order valence-corrected chi connectivity index (χ1v) is 8.98. The Bertz CT molecular complexity index is 658. The molecule has 7 nitrogen and oxygen atoms in total. The van der Waals surface area contributed by atoms with Gasteiger partial charge in [0.15, 0.2) is 16.4 Å². The molecule has 1 fully saturated rings. The summed E-state index contributed by atoms with van der Waals surface area (Å²) >= 11 is 0. The number of benzene rings is 1. The number of esters is 1. The van der Waals surface area contributed by atoms with Crippen molar-refractivity contribution >= 4 is 21.7 Å². The van der Waals surface area contributed by atoms with Gasteiger partial charge in [0, 0.05) is 6.04 Å². The maximum Gasteiger partial charge on any atom is 0.325 e. The third-order valence-corrected chi connectivity index (χ3v) is 5.35. The largest absolute Gasteiger partial charge is 0.484 e. The van der Waals surface area contributed by atoms with Crippen LogP contribution >= 0.6 is 0 Å². The van der Waals surface area contributed by atoms with E-state index in [1.54, 1.807) is 24.3 Å². The average Bonchev–Trinajstić information content (AvgIpc) is 2.90. The van der Waals surface area contributed by atoms with E-state index in [2.05, 4.69) is 4.74 Å². The molecule has 0 unspecified atom stereocenters. The van der Waals surface area contributed by atoms with Crippen molar-refractivity contribution in [1.29, 1.82) is 0 Å². The van der Waals surface area contributed by atoms with E-state index in [-0.39, 0.29) is 24.7 Å². The van der Waals surface area contributed by atoms with Gasteiger partial charge in [-0.05, 0) is 18.6 Å². The van der Waals surface area contributed by atoms with Crippen molar-refractivity contribution in [2.45, 2.75) is 12.5 Å². The van der Waals surface area contributed by atoms with Crippen LogP contribution in [0.3, 0.4) is 0 Å². The lowest BCUT2D eigenvalue weighted by molar-refractivity contribution is -0.149. The van der Waals surface area contributed by atoms with Gasteiger partial charge in [-0.1, -0.05) is 18.2 Å². The van der Waals surface area contributed by atoms with Gasteiger partial charge in [-0.3, -0.25) is 9.59 Å². The Hall–Kier alpha value is -2.09. The van der Waals surface area contributed by atoms with E-state index in [9.17, 15) is 18.0 Å². The van der Waals surface area contributed by atoms with Crippen LogP contribution in [0.4, 0.5) is 0 Å². The lowest BCUT2D eigenvalue weighted by Gasteiger charge is -2.27. The Morgan fingerprint density at radius 3 is 2.52 bits per heavy atom. The Kier molecular flexibility index (Phi) is 5.59. The number of rotatable bonds is 6. The number of sulfone groups is 1. The van der Waals surface area contributed by atoms with Gasteiger partial charge in [-0.15, -0.1) is 0 Å². The Morgan fingerprint density at radius 1 is 1.26 bits per heavy atom. The second-order valence-corrected chi connectivity index (χ2v) is 7.49. The summed E-state index contributed by atoms with van der Waals surface area (Å²) in [6.07, 6.45) is 0.316. The number of carbonyl (C=O) groups excluding carboxylic acids is 2.